The monoisotopic (exact) mass is 181 g/mol. The van der Waals surface area contributed by atoms with Crippen LogP contribution in [0.1, 0.15) is 29.9 Å². The number of nitrogens with two attached hydrogens (primary N) is 1. The van der Waals surface area contributed by atoms with Gasteiger partial charge in [0.25, 0.3) is 6.23 Å². The van der Waals surface area contributed by atoms with Crippen molar-refractivity contribution in [3.63, 3.8) is 0 Å². The van der Waals surface area contributed by atoms with Gasteiger partial charge in [0.15, 0.2) is 12.4 Å². The van der Waals surface area contributed by atoms with Gasteiger partial charge in [0.1, 0.15) is 0 Å². The fourth-order valence-electron chi connectivity index (χ4n) is 1.01. The molecule has 1 aromatic heterocycles. The molecular weight excluding hydrogens is 168 g/mol. The van der Waals surface area contributed by atoms with Crippen LogP contribution in [0.2, 0.25) is 0 Å². The van der Waals surface area contributed by atoms with Gasteiger partial charge in [0.05, 0.1) is 5.56 Å². The molecule has 4 heteroatoms. The highest BCUT2D eigenvalue weighted by Gasteiger charge is 2.11. The predicted molar refractivity (Wildman–Crippen MR) is 46.7 cm³/mol. The van der Waals surface area contributed by atoms with Crippen LogP contribution in [-0.4, -0.2) is 11.0 Å². The Morgan fingerprint density at radius 1 is 1.62 bits per heavy atom. The molecule has 0 spiro atoms. The SMILES string of the molecule is CCC(O)[n+]1ccc(C(N)=O)cc1. The summed E-state index contributed by atoms with van der Waals surface area (Å²) in [4.78, 5) is 10.7. The van der Waals surface area contributed by atoms with Crippen LogP contribution in [-0.2, 0) is 0 Å². The first kappa shape index (κ1) is 9.67. The Hall–Kier alpha value is -1.42. The second-order valence-corrected chi connectivity index (χ2v) is 2.79. The van der Waals surface area contributed by atoms with Crippen molar-refractivity contribution in [3.8, 4) is 0 Å². The van der Waals surface area contributed by atoms with Crippen molar-refractivity contribution < 1.29 is 14.5 Å². The lowest BCUT2D eigenvalue weighted by molar-refractivity contribution is -0.760. The van der Waals surface area contributed by atoms with Crippen molar-refractivity contribution in [2.24, 2.45) is 5.73 Å². The van der Waals surface area contributed by atoms with Crippen molar-refractivity contribution in [2.75, 3.05) is 0 Å². The molecule has 0 saturated heterocycles. The highest BCUT2D eigenvalue weighted by Crippen LogP contribution is 1.98. The zero-order valence-electron chi connectivity index (χ0n) is 7.47. The molecule has 4 nitrogen and oxygen atoms in total. The van der Waals surface area contributed by atoms with Crippen LogP contribution in [0.4, 0.5) is 0 Å². The first-order valence-electron chi connectivity index (χ1n) is 4.13. The van der Waals surface area contributed by atoms with E-state index in [0.717, 1.165) is 0 Å². The van der Waals surface area contributed by atoms with Gasteiger partial charge in [-0.2, -0.15) is 4.57 Å². The first-order valence-corrected chi connectivity index (χ1v) is 4.13. The minimum absolute atomic E-state index is 0.444. The molecule has 0 aliphatic carbocycles. The largest absolute Gasteiger partial charge is 0.366 e. The van der Waals surface area contributed by atoms with Crippen LogP contribution in [0.15, 0.2) is 24.5 Å². The molecular formula is C9H13N2O2+. The number of carbonyl (C=O) groups excluding carboxylic acids is 1. The van der Waals surface area contributed by atoms with E-state index in [-0.39, 0.29) is 0 Å². The molecule has 0 bridgehead atoms. The van der Waals surface area contributed by atoms with E-state index in [0.29, 0.717) is 12.0 Å². The van der Waals surface area contributed by atoms with Gasteiger partial charge in [-0.1, -0.05) is 6.92 Å². The number of rotatable bonds is 3. The van der Waals surface area contributed by atoms with Gasteiger partial charge >= 0.3 is 0 Å². The summed E-state index contributed by atoms with van der Waals surface area (Å²) in [7, 11) is 0. The lowest BCUT2D eigenvalue weighted by Crippen LogP contribution is -2.38. The molecule has 0 fully saturated rings. The number of nitrogens with zero attached hydrogens (tertiary/aromatic N) is 1. The second-order valence-electron chi connectivity index (χ2n) is 2.79. The number of aliphatic hydroxyl groups is 1. The smallest absolute Gasteiger partial charge is 0.259 e. The van der Waals surface area contributed by atoms with E-state index in [1.54, 1.807) is 29.1 Å². The summed E-state index contributed by atoms with van der Waals surface area (Å²) in [5.74, 6) is -0.460. The van der Waals surface area contributed by atoms with E-state index < -0.39 is 12.1 Å². The zero-order chi connectivity index (χ0) is 9.84. The summed E-state index contributed by atoms with van der Waals surface area (Å²) in [6.07, 6.45) is 3.35. The maximum atomic E-state index is 10.7. The van der Waals surface area contributed by atoms with Crippen molar-refractivity contribution in [2.45, 2.75) is 19.6 Å². The van der Waals surface area contributed by atoms with Gasteiger partial charge in [-0.3, -0.25) is 4.79 Å². The molecule has 1 rings (SSSR count). The van der Waals surface area contributed by atoms with Gasteiger partial charge < -0.3 is 10.8 Å². The maximum Gasteiger partial charge on any atom is 0.259 e. The van der Waals surface area contributed by atoms with Crippen molar-refractivity contribution in [3.05, 3.63) is 30.1 Å². The van der Waals surface area contributed by atoms with Crippen LogP contribution in [0.25, 0.3) is 0 Å². The maximum absolute atomic E-state index is 10.7. The quantitative estimate of drug-likeness (QED) is 0.643. The predicted octanol–water partition coefficient (Wildman–Crippen LogP) is -0.0261. The minimum atomic E-state index is -0.540. The van der Waals surface area contributed by atoms with E-state index in [2.05, 4.69) is 0 Å². The van der Waals surface area contributed by atoms with Crippen LogP contribution < -0.4 is 10.3 Å². The average Bonchev–Trinajstić information content (AvgIpc) is 2.17. The van der Waals surface area contributed by atoms with Gasteiger partial charge in [-0.05, 0) is 0 Å². The van der Waals surface area contributed by atoms with Gasteiger partial charge in [-0.15, -0.1) is 0 Å². The molecule has 1 heterocycles. The number of pyridine rings is 1. The molecule has 0 radical (unpaired) electrons. The topological polar surface area (TPSA) is 67.2 Å². The second kappa shape index (κ2) is 4.00. The molecule has 0 aliphatic rings. The molecule has 1 amide bonds. The summed E-state index contributed by atoms with van der Waals surface area (Å²) in [6, 6.07) is 3.17. The fraction of sp³-hybridized carbons (Fsp3) is 0.333. The Bertz CT molecular complexity index is 295. The average molecular weight is 181 g/mol. The van der Waals surface area contributed by atoms with Gasteiger partial charge in [0, 0.05) is 18.6 Å². The van der Waals surface area contributed by atoms with Gasteiger partial charge in [0.2, 0.25) is 5.91 Å². The van der Waals surface area contributed by atoms with E-state index in [4.69, 9.17) is 5.73 Å². The Morgan fingerprint density at radius 3 is 2.54 bits per heavy atom. The lowest BCUT2D eigenvalue weighted by atomic mass is 10.2. The molecule has 70 valence electrons. The number of primary amides is 1. The number of aliphatic hydroxyl groups excluding tert-OH is 1. The number of amides is 1. The van der Waals surface area contributed by atoms with Crippen LogP contribution in [0, 0.1) is 0 Å². The number of aromatic nitrogens is 1. The third kappa shape index (κ3) is 2.26. The third-order valence-corrected chi connectivity index (χ3v) is 1.85. The molecule has 1 unspecified atom stereocenters. The number of hydrogen-bond donors (Lipinski definition) is 2. The molecule has 1 aromatic rings. The Kier molecular flexibility index (Phi) is 2.97. The van der Waals surface area contributed by atoms with E-state index in [1.807, 2.05) is 6.92 Å². The highest BCUT2D eigenvalue weighted by molar-refractivity contribution is 5.92. The molecule has 0 saturated carbocycles. The van der Waals surface area contributed by atoms with E-state index >= 15 is 0 Å². The van der Waals surface area contributed by atoms with Crippen LogP contribution >= 0.6 is 0 Å². The molecule has 1 atom stereocenters. The normalized spacial score (nSPS) is 12.5. The summed E-state index contributed by atoms with van der Waals surface area (Å²) >= 11 is 0. The van der Waals surface area contributed by atoms with Gasteiger partial charge in [-0.25, -0.2) is 0 Å². The minimum Gasteiger partial charge on any atom is -0.366 e. The summed E-state index contributed by atoms with van der Waals surface area (Å²) < 4.78 is 1.62. The number of hydrogen-bond acceptors (Lipinski definition) is 2. The Morgan fingerprint density at radius 2 is 2.15 bits per heavy atom. The lowest BCUT2D eigenvalue weighted by Gasteiger charge is -2.01. The van der Waals surface area contributed by atoms with Crippen molar-refractivity contribution in [1.29, 1.82) is 0 Å². The third-order valence-electron chi connectivity index (χ3n) is 1.85. The zero-order valence-corrected chi connectivity index (χ0v) is 7.47. The number of carbonyl (C=O) groups is 1. The summed E-state index contributed by atoms with van der Waals surface area (Å²) in [6.45, 7) is 1.87. The highest BCUT2D eigenvalue weighted by atomic mass is 16.3. The van der Waals surface area contributed by atoms with Crippen molar-refractivity contribution in [1.82, 2.24) is 0 Å². The Labute approximate surface area is 76.6 Å². The van der Waals surface area contributed by atoms with E-state index in [1.165, 1.54) is 0 Å². The first-order chi connectivity index (χ1) is 6.15. The molecule has 13 heavy (non-hydrogen) atoms. The van der Waals surface area contributed by atoms with E-state index in [9.17, 15) is 9.90 Å². The molecule has 0 aromatic carbocycles. The Balaban J connectivity index is 2.87. The van der Waals surface area contributed by atoms with Crippen LogP contribution in [0.5, 0.6) is 0 Å². The summed E-state index contributed by atoms with van der Waals surface area (Å²) in [5, 5.41) is 9.41. The van der Waals surface area contributed by atoms with Crippen LogP contribution in [0.3, 0.4) is 0 Å². The summed E-state index contributed by atoms with van der Waals surface area (Å²) in [5.41, 5.74) is 5.51. The fourth-order valence-corrected chi connectivity index (χ4v) is 1.01. The van der Waals surface area contributed by atoms with Crippen molar-refractivity contribution >= 4 is 5.91 Å². The molecule has 3 N–H and O–H groups in total. The molecule has 0 aliphatic heterocycles. The standard InChI is InChI=1S/C9H12N2O2/c1-2-8(12)11-5-3-7(4-6-11)9(10)13/h3-6,8,12H,2H2,1H3,(H-,10,13)/p+1.